The lowest BCUT2D eigenvalue weighted by Gasteiger charge is -2.23. The molecule has 1 aromatic heterocycles. The van der Waals surface area contributed by atoms with E-state index in [1.165, 1.54) is 18.3 Å². The molecule has 1 aliphatic carbocycles. The van der Waals surface area contributed by atoms with Crippen LogP contribution in [0.2, 0.25) is 0 Å². The van der Waals surface area contributed by atoms with E-state index in [9.17, 15) is 9.59 Å². The van der Waals surface area contributed by atoms with Gasteiger partial charge in [-0.2, -0.15) is 0 Å². The predicted octanol–water partition coefficient (Wildman–Crippen LogP) is 2.67. The maximum absolute atomic E-state index is 11.5. The van der Waals surface area contributed by atoms with E-state index in [1.807, 2.05) is 0 Å². The first-order valence-electron chi connectivity index (χ1n) is 6.41. The van der Waals surface area contributed by atoms with Gasteiger partial charge in [0.25, 0.3) is 0 Å². The average Bonchev–Trinajstić information content (AvgIpc) is 3.02. The summed E-state index contributed by atoms with van der Waals surface area (Å²) in [5.74, 6) is -0.895. The Kier molecular flexibility index (Phi) is 3.89. The van der Waals surface area contributed by atoms with Crippen LogP contribution in [0.5, 0.6) is 0 Å². The van der Waals surface area contributed by atoms with Gasteiger partial charge in [-0.3, -0.25) is 4.79 Å². The second-order valence-electron chi connectivity index (χ2n) is 5.31. The molecule has 1 aliphatic rings. The molecule has 0 amide bonds. The van der Waals surface area contributed by atoms with Gasteiger partial charge in [0, 0.05) is 19.5 Å². The minimum Gasteiger partial charge on any atom is -0.476 e. The number of hydrogen-bond donors (Lipinski definition) is 1. The van der Waals surface area contributed by atoms with Crippen molar-refractivity contribution < 1.29 is 14.7 Å². The molecule has 0 atom stereocenters. The van der Waals surface area contributed by atoms with Gasteiger partial charge in [0.15, 0.2) is 16.6 Å². The highest BCUT2D eigenvalue weighted by Gasteiger charge is 2.33. The number of carboxylic acids is 1. The highest BCUT2D eigenvalue weighted by Crippen LogP contribution is 2.36. The number of aromatic nitrogens is 1. The van der Waals surface area contributed by atoms with Crippen molar-refractivity contribution in [1.29, 1.82) is 0 Å². The maximum Gasteiger partial charge on any atom is 0.356 e. The fourth-order valence-electron chi connectivity index (χ4n) is 1.98. The topological polar surface area (TPSA) is 70.5 Å². The summed E-state index contributed by atoms with van der Waals surface area (Å²) in [5.41, 5.74) is -0.109. The largest absolute Gasteiger partial charge is 0.476 e. The molecular formula is C13H18N2O3S. The van der Waals surface area contributed by atoms with Crippen molar-refractivity contribution >= 4 is 28.2 Å². The number of ketones is 1. The lowest BCUT2D eigenvalue weighted by Crippen LogP contribution is -2.29. The van der Waals surface area contributed by atoms with Crippen molar-refractivity contribution in [2.45, 2.75) is 39.7 Å². The number of anilines is 1. The normalized spacial score (nSPS) is 14.7. The van der Waals surface area contributed by atoms with Crippen LogP contribution in [0, 0.1) is 5.92 Å². The van der Waals surface area contributed by atoms with E-state index >= 15 is 0 Å². The van der Waals surface area contributed by atoms with Gasteiger partial charge in [-0.1, -0.05) is 25.2 Å². The summed E-state index contributed by atoms with van der Waals surface area (Å²) < 4.78 is 0. The van der Waals surface area contributed by atoms with Crippen LogP contribution in [0.15, 0.2) is 0 Å². The second kappa shape index (κ2) is 5.28. The lowest BCUT2D eigenvalue weighted by atomic mass is 10.2. The molecule has 0 unspecified atom stereocenters. The Morgan fingerprint density at radius 3 is 2.47 bits per heavy atom. The smallest absolute Gasteiger partial charge is 0.356 e. The first-order valence-corrected chi connectivity index (χ1v) is 7.23. The molecule has 1 aromatic rings. The SMILES string of the molecule is CC(=O)c1sc(N(CC(C)C)C2CC2)nc1C(=O)O. The van der Waals surface area contributed by atoms with E-state index in [1.54, 1.807) is 0 Å². The number of thiazole rings is 1. The molecule has 1 fully saturated rings. The molecule has 0 radical (unpaired) electrons. The summed E-state index contributed by atoms with van der Waals surface area (Å²) >= 11 is 1.20. The van der Waals surface area contributed by atoms with Crippen LogP contribution >= 0.6 is 11.3 Å². The van der Waals surface area contributed by atoms with Crippen LogP contribution in [0.25, 0.3) is 0 Å². The molecule has 104 valence electrons. The third-order valence-electron chi connectivity index (χ3n) is 2.93. The summed E-state index contributed by atoms with van der Waals surface area (Å²) in [4.78, 5) is 29.2. The Balaban J connectivity index is 2.34. The van der Waals surface area contributed by atoms with Gasteiger partial charge < -0.3 is 10.0 Å². The number of carbonyl (C=O) groups is 2. The molecule has 0 spiro atoms. The first kappa shape index (κ1) is 14.0. The number of aromatic carboxylic acids is 1. The molecule has 1 N–H and O–H groups in total. The Hall–Kier alpha value is -1.43. The van der Waals surface area contributed by atoms with Crippen molar-refractivity contribution in [3.63, 3.8) is 0 Å². The third-order valence-corrected chi connectivity index (χ3v) is 4.13. The van der Waals surface area contributed by atoms with E-state index < -0.39 is 5.97 Å². The van der Waals surface area contributed by atoms with Gasteiger partial charge in [0.05, 0.1) is 0 Å². The molecule has 0 aliphatic heterocycles. The minimum atomic E-state index is -1.13. The predicted molar refractivity (Wildman–Crippen MR) is 74.3 cm³/mol. The third kappa shape index (κ3) is 3.12. The molecule has 0 aromatic carbocycles. The zero-order valence-corrected chi connectivity index (χ0v) is 12.2. The van der Waals surface area contributed by atoms with Crippen molar-refractivity contribution in [1.82, 2.24) is 4.98 Å². The van der Waals surface area contributed by atoms with Crippen molar-refractivity contribution in [2.24, 2.45) is 5.92 Å². The fraction of sp³-hybridized carbons (Fsp3) is 0.615. The van der Waals surface area contributed by atoms with Crippen molar-refractivity contribution in [3.8, 4) is 0 Å². The standard InChI is InChI=1S/C13H18N2O3S/c1-7(2)6-15(9-4-5-9)13-14-10(12(17)18)11(19-13)8(3)16/h7,9H,4-6H2,1-3H3,(H,17,18). The number of carboxylic acid groups (broad SMARTS) is 1. The summed E-state index contributed by atoms with van der Waals surface area (Å²) in [5, 5.41) is 9.78. The summed E-state index contributed by atoms with van der Waals surface area (Å²) in [6.07, 6.45) is 2.23. The zero-order valence-electron chi connectivity index (χ0n) is 11.3. The molecule has 0 saturated heterocycles. The average molecular weight is 282 g/mol. The number of carbonyl (C=O) groups excluding carboxylic acids is 1. The van der Waals surface area contributed by atoms with Gasteiger partial charge >= 0.3 is 5.97 Å². The summed E-state index contributed by atoms with van der Waals surface area (Å²) in [6.45, 7) is 6.46. The van der Waals surface area contributed by atoms with E-state index in [0.29, 0.717) is 17.1 Å². The van der Waals surface area contributed by atoms with E-state index in [0.717, 1.165) is 19.4 Å². The van der Waals surface area contributed by atoms with E-state index in [2.05, 4.69) is 23.7 Å². The summed E-state index contributed by atoms with van der Waals surface area (Å²) in [7, 11) is 0. The van der Waals surface area contributed by atoms with Crippen LogP contribution in [0.1, 0.15) is 53.8 Å². The van der Waals surface area contributed by atoms with Crippen LogP contribution in [-0.4, -0.2) is 34.4 Å². The van der Waals surface area contributed by atoms with Crippen molar-refractivity contribution in [2.75, 3.05) is 11.4 Å². The van der Waals surface area contributed by atoms with Gasteiger partial charge in [-0.15, -0.1) is 0 Å². The van der Waals surface area contributed by atoms with Gasteiger partial charge in [0.1, 0.15) is 4.88 Å². The van der Waals surface area contributed by atoms with Crippen LogP contribution in [0.3, 0.4) is 0 Å². The fourth-order valence-corrected chi connectivity index (χ4v) is 3.01. The van der Waals surface area contributed by atoms with E-state index in [4.69, 9.17) is 5.11 Å². The highest BCUT2D eigenvalue weighted by molar-refractivity contribution is 7.17. The van der Waals surface area contributed by atoms with Crippen LogP contribution in [-0.2, 0) is 0 Å². The van der Waals surface area contributed by atoms with Gasteiger partial charge in [-0.25, -0.2) is 9.78 Å². The number of rotatable bonds is 6. The number of Topliss-reactive ketones (excluding diaryl/α,β-unsaturated/α-hetero) is 1. The Morgan fingerprint density at radius 2 is 2.11 bits per heavy atom. The van der Waals surface area contributed by atoms with Gasteiger partial charge in [0.2, 0.25) is 0 Å². The molecule has 2 rings (SSSR count). The van der Waals surface area contributed by atoms with Crippen LogP contribution < -0.4 is 4.90 Å². The monoisotopic (exact) mass is 282 g/mol. The van der Waals surface area contributed by atoms with Gasteiger partial charge in [-0.05, 0) is 18.8 Å². The number of hydrogen-bond acceptors (Lipinski definition) is 5. The highest BCUT2D eigenvalue weighted by atomic mass is 32.1. The molecule has 1 heterocycles. The Labute approximate surface area is 116 Å². The second-order valence-corrected chi connectivity index (χ2v) is 6.29. The molecule has 0 bridgehead atoms. The zero-order chi connectivity index (χ0) is 14.2. The molecule has 19 heavy (non-hydrogen) atoms. The number of nitrogens with zero attached hydrogens (tertiary/aromatic N) is 2. The molecule has 1 saturated carbocycles. The Morgan fingerprint density at radius 1 is 1.47 bits per heavy atom. The maximum atomic E-state index is 11.5. The molecular weight excluding hydrogens is 264 g/mol. The Bertz CT molecular complexity index is 474. The minimum absolute atomic E-state index is 0.109. The summed E-state index contributed by atoms with van der Waals surface area (Å²) in [6, 6.07) is 0.454. The van der Waals surface area contributed by atoms with Crippen molar-refractivity contribution in [3.05, 3.63) is 10.6 Å². The molecule has 5 nitrogen and oxygen atoms in total. The quantitative estimate of drug-likeness (QED) is 0.812. The molecule has 6 heteroatoms. The van der Waals surface area contributed by atoms with E-state index in [-0.39, 0.29) is 16.4 Å². The lowest BCUT2D eigenvalue weighted by molar-refractivity contribution is 0.0687. The first-order chi connectivity index (χ1) is 8.90. The van der Waals surface area contributed by atoms with Crippen LogP contribution in [0.4, 0.5) is 5.13 Å².